The smallest absolute Gasteiger partial charge is 0.130 e. The van der Waals surface area contributed by atoms with Crippen LogP contribution in [0.5, 0.6) is 5.75 Å². The maximum Gasteiger partial charge on any atom is 0.130 e. The van der Waals surface area contributed by atoms with E-state index in [2.05, 4.69) is 11.9 Å². The molecule has 1 aromatic rings. The molecule has 3 nitrogen and oxygen atoms in total. The summed E-state index contributed by atoms with van der Waals surface area (Å²) in [4.78, 5) is 0. The van der Waals surface area contributed by atoms with Crippen molar-refractivity contribution in [1.82, 2.24) is 5.32 Å². The first kappa shape index (κ1) is 14.9. The summed E-state index contributed by atoms with van der Waals surface area (Å²) in [7, 11) is 0. The number of nitrogens with one attached hydrogen (secondary N) is 1. The van der Waals surface area contributed by atoms with E-state index in [0.717, 1.165) is 31.5 Å². The Labute approximate surface area is 120 Å². The quantitative estimate of drug-likeness (QED) is 0.890. The Kier molecular flexibility index (Phi) is 4.33. The molecule has 0 amide bonds. The molecule has 0 radical (unpaired) electrons. The Morgan fingerprint density at radius 3 is 2.55 bits per heavy atom. The van der Waals surface area contributed by atoms with Crippen molar-refractivity contribution >= 4 is 5.70 Å². The van der Waals surface area contributed by atoms with Crippen molar-refractivity contribution in [2.45, 2.75) is 38.5 Å². The molecule has 0 aliphatic carbocycles. The first-order chi connectivity index (χ1) is 9.36. The SMILES string of the molecule is C=C(N)c1cc(OC2CCNCC2)cc(C(C)(C)F)c1. The molecule has 1 aliphatic heterocycles. The third-order valence-corrected chi connectivity index (χ3v) is 3.55. The Hall–Kier alpha value is -1.55. The number of hydrogen-bond acceptors (Lipinski definition) is 3. The number of hydrogen-bond donors (Lipinski definition) is 2. The van der Waals surface area contributed by atoms with Crippen LogP contribution in [-0.4, -0.2) is 19.2 Å². The van der Waals surface area contributed by atoms with E-state index < -0.39 is 5.67 Å². The molecule has 0 unspecified atom stereocenters. The zero-order valence-corrected chi connectivity index (χ0v) is 12.2. The predicted octanol–water partition coefficient (Wildman–Crippen LogP) is 2.95. The van der Waals surface area contributed by atoms with Crippen molar-refractivity contribution in [3.63, 3.8) is 0 Å². The van der Waals surface area contributed by atoms with Crippen molar-refractivity contribution in [3.8, 4) is 5.75 Å². The summed E-state index contributed by atoms with van der Waals surface area (Å²) in [5.41, 5.74) is 6.02. The van der Waals surface area contributed by atoms with Crippen LogP contribution < -0.4 is 15.8 Å². The molecular weight excluding hydrogens is 255 g/mol. The van der Waals surface area contributed by atoms with Gasteiger partial charge < -0.3 is 15.8 Å². The lowest BCUT2D eigenvalue weighted by Crippen LogP contribution is -2.34. The van der Waals surface area contributed by atoms with Crippen molar-refractivity contribution < 1.29 is 9.13 Å². The lowest BCUT2D eigenvalue weighted by Gasteiger charge is -2.25. The van der Waals surface area contributed by atoms with Crippen molar-refractivity contribution in [2.24, 2.45) is 5.73 Å². The standard InChI is InChI=1S/C16H23FN2O/c1-11(18)12-8-13(16(2,3)17)10-15(9-12)20-14-4-6-19-7-5-14/h8-10,14,19H,1,4-7,18H2,2-3H3. The number of piperidine rings is 1. The largest absolute Gasteiger partial charge is 0.490 e. The zero-order chi connectivity index (χ0) is 14.8. The van der Waals surface area contributed by atoms with Crippen LogP contribution in [0.15, 0.2) is 24.8 Å². The van der Waals surface area contributed by atoms with Crippen LogP contribution in [0.3, 0.4) is 0 Å². The molecule has 1 aliphatic rings. The van der Waals surface area contributed by atoms with Crippen LogP contribution >= 0.6 is 0 Å². The molecule has 0 saturated carbocycles. The van der Waals surface area contributed by atoms with Gasteiger partial charge in [-0.15, -0.1) is 0 Å². The fraction of sp³-hybridized carbons (Fsp3) is 0.500. The van der Waals surface area contributed by atoms with Crippen LogP contribution in [0.1, 0.15) is 37.8 Å². The van der Waals surface area contributed by atoms with Gasteiger partial charge in [-0.25, -0.2) is 4.39 Å². The summed E-state index contributed by atoms with van der Waals surface area (Å²) in [5.74, 6) is 0.668. The molecule has 4 heteroatoms. The van der Waals surface area contributed by atoms with Crippen LogP contribution in [0.2, 0.25) is 0 Å². The molecule has 0 bridgehead atoms. The van der Waals surface area contributed by atoms with Crippen LogP contribution in [-0.2, 0) is 5.67 Å². The van der Waals surface area contributed by atoms with E-state index in [1.807, 2.05) is 6.07 Å². The van der Waals surface area contributed by atoms with Gasteiger partial charge in [-0.3, -0.25) is 0 Å². The van der Waals surface area contributed by atoms with Crippen LogP contribution in [0.4, 0.5) is 4.39 Å². The van der Waals surface area contributed by atoms with E-state index >= 15 is 0 Å². The summed E-state index contributed by atoms with van der Waals surface area (Å²) < 4.78 is 20.2. The fourth-order valence-corrected chi connectivity index (χ4v) is 2.30. The van der Waals surface area contributed by atoms with Gasteiger partial charge in [-0.2, -0.15) is 0 Å². The number of alkyl halides is 1. The Morgan fingerprint density at radius 2 is 2.00 bits per heavy atom. The summed E-state index contributed by atoms with van der Waals surface area (Å²) in [6, 6.07) is 5.33. The highest BCUT2D eigenvalue weighted by Crippen LogP contribution is 2.31. The molecule has 0 spiro atoms. The normalized spacial score (nSPS) is 16.9. The lowest BCUT2D eigenvalue weighted by molar-refractivity contribution is 0.161. The minimum atomic E-state index is -1.43. The minimum Gasteiger partial charge on any atom is -0.490 e. The highest BCUT2D eigenvalue weighted by Gasteiger charge is 2.22. The summed E-state index contributed by atoms with van der Waals surface area (Å²) in [6.07, 6.45) is 2.10. The predicted molar refractivity (Wildman–Crippen MR) is 80.3 cm³/mol. The lowest BCUT2D eigenvalue weighted by atomic mass is 9.97. The fourth-order valence-electron chi connectivity index (χ4n) is 2.30. The van der Waals surface area contributed by atoms with Crippen molar-refractivity contribution in [2.75, 3.05) is 13.1 Å². The Balaban J connectivity index is 2.26. The topological polar surface area (TPSA) is 47.3 Å². The van der Waals surface area contributed by atoms with Gasteiger partial charge in [0.1, 0.15) is 17.5 Å². The summed E-state index contributed by atoms with van der Waals surface area (Å²) in [5, 5.41) is 3.29. The molecule has 1 aromatic carbocycles. The Bertz CT molecular complexity index is 488. The van der Waals surface area contributed by atoms with Gasteiger partial charge in [0.25, 0.3) is 0 Å². The highest BCUT2D eigenvalue weighted by molar-refractivity contribution is 5.63. The maximum atomic E-state index is 14.2. The molecule has 110 valence electrons. The van der Waals surface area contributed by atoms with Crippen LogP contribution in [0.25, 0.3) is 5.70 Å². The Morgan fingerprint density at radius 1 is 1.35 bits per heavy atom. The first-order valence-corrected chi connectivity index (χ1v) is 7.03. The van der Waals surface area contributed by atoms with Gasteiger partial charge in [-0.1, -0.05) is 6.58 Å². The molecule has 1 fully saturated rings. The monoisotopic (exact) mass is 278 g/mol. The average molecular weight is 278 g/mol. The summed E-state index contributed by atoms with van der Waals surface area (Å²) in [6.45, 7) is 8.69. The number of nitrogens with two attached hydrogens (primary N) is 1. The molecule has 3 N–H and O–H groups in total. The van der Waals surface area contributed by atoms with Crippen LogP contribution in [0, 0.1) is 0 Å². The molecule has 1 saturated heterocycles. The van der Waals surface area contributed by atoms with E-state index in [1.165, 1.54) is 13.8 Å². The number of rotatable bonds is 4. The van der Waals surface area contributed by atoms with E-state index in [4.69, 9.17) is 10.5 Å². The number of halogens is 1. The van der Waals surface area contributed by atoms with Gasteiger partial charge in [0.2, 0.25) is 0 Å². The second kappa shape index (κ2) is 5.83. The van der Waals surface area contributed by atoms with E-state index in [0.29, 0.717) is 17.0 Å². The molecule has 0 atom stereocenters. The van der Waals surface area contributed by atoms with E-state index in [-0.39, 0.29) is 6.10 Å². The molecule has 0 aromatic heterocycles. The molecule has 20 heavy (non-hydrogen) atoms. The third-order valence-electron chi connectivity index (χ3n) is 3.55. The van der Waals surface area contributed by atoms with E-state index in [9.17, 15) is 4.39 Å². The number of benzene rings is 1. The maximum absolute atomic E-state index is 14.2. The van der Waals surface area contributed by atoms with Gasteiger partial charge in [0.05, 0.1) is 0 Å². The minimum absolute atomic E-state index is 0.174. The van der Waals surface area contributed by atoms with Crippen molar-refractivity contribution in [1.29, 1.82) is 0 Å². The second-order valence-corrected chi connectivity index (χ2v) is 5.81. The third kappa shape index (κ3) is 3.73. The zero-order valence-electron chi connectivity index (χ0n) is 12.2. The molecular formula is C16H23FN2O. The second-order valence-electron chi connectivity index (χ2n) is 5.81. The number of ether oxygens (including phenoxy) is 1. The van der Waals surface area contributed by atoms with Gasteiger partial charge in [-0.05, 0) is 63.5 Å². The first-order valence-electron chi connectivity index (χ1n) is 7.03. The van der Waals surface area contributed by atoms with Gasteiger partial charge in [0, 0.05) is 11.3 Å². The van der Waals surface area contributed by atoms with E-state index in [1.54, 1.807) is 12.1 Å². The average Bonchev–Trinajstić information content (AvgIpc) is 2.38. The van der Waals surface area contributed by atoms with Gasteiger partial charge >= 0.3 is 0 Å². The molecule has 1 heterocycles. The summed E-state index contributed by atoms with van der Waals surface area (Å²) >= 11 is 0. The molecule has 2 rings (SSSR count). The van der Waals surface area contributed by atoms with Gasteiger partial charge in [0.15, 0.2) is 0 Å². The van der Waals surface area contributed by atoms with Crippen molar-refractivity contribution in [3.05, 3.63) is 35.9 Å². The highest BCUT2D eigenvalue weighted by atomic mass is 19.1.